The van der Waals surface area contributed by atoms with Crippen LogP contribution in [0.2, 0.25) is 0 Å². The standard InChI is InChI=1S/C15H25OP/c1-14(2,3)13(15(4,5)6)11-8-7-9-12(10-11)16-17/h7-10,13H,17H2,1-6H3. The van der Waals surface area contributed by atoms with Gasteiger partial charge in [0, 0.05) is 0 Å². The number of hydrogen-bond donors (Lipinski definition) is 0. The average molecular weight is 252 g/mol. The van der Waals surface area contributed by atoms with Gasteiger partial charge in [-0.05, 0) is 34.4 Å². The molecule has 1 unspecified atom stereocenters. The first-order valence-electron chi connectivity index (χ1n) is 6.13. The largest absolute Gasteiger partial charge is 0.480 e. The van der Waals surface area contributed by atoms with Crippen LogP contribution in [-0.4, -0.2) is 0 Å². The molecular weight excluding hydrogens is 227 g/mol. The van der Waals surface area contributed by atoms with Crippen molar-refractivity contribution in [2.75, 3.05) is 0 Å². The van der Waals surface area contributed by atoms with Crippen LogP contribution in [0.25, 0.3) is 0 Å². The first-order chi connectivity index (χ1) is 7.66. The fraction of sp³-hybridized carbons (Fsp3) is 0.600. The SMILES string of the molecule is CC(C)(C)C(c1cccc(OP)c1)C(C)(C)C. The van der Waals surface area contributed by atoms with Gasteiger partial charge >= 0.3 is 0 Å². The highest BCUT2D eigenvalue weighted by Gasteiger charge is 2.36. The van der Waals surface area contributed by atoms with Gasteiger partial charge in [0.05, 0.1) is 9.47 Å². The van der Waals surface area contributed by atoms with Crippen molar-refractivity contribution in [1.82, 2.24) is 0 Å². The highest BCUT2D eigenvalue weighted by atomic mass is 31.0. The van der Waals surface area contributed by atoms with Crippen LogP contribution in [0.3, 0.4) is 0 Å². The molecule has 96 valence electrons. The predicted octanol–water partition coefficient (Wildman–Crippen LogP) is 5.03. The van der Waals surface area contributed by atoms with E-state index in [9.17, 15) is 0 Å². The molecule has 0 aliphatic heterocycles. The Morgan fingerprint density at radius 3 is 1.94 bits per heavy atom. The number of hydrogen-bond acceptors (Lipinski definition) is 1. The first kappa shape index (κ1) is 14.5. The van der Waals surface area contributed by atoms with Crippen molar-refractivity contribution >= 4 is 9.47 Å². The van der Waals surface area contributed by atoms with Crippen molar-refractivity contribution in [3.63, 3.8) is 0 Å². The van der Waals surface area contributed by atoms with E-state index in [4.69, 9.17) is 4.52 Å². The summed E-state index contributed by atoms with van der Waals surface area (Å²) in [7, 11) is 2.31. The second kappa shape index (κ2) is 4.98. The Kier molecular flexibility index (Phi) is 4.25. The maximum Gasteiger partial charge on any atom is 0.122 e. The minimum absolute atomic E-state index is 0.234. The molecular formula is C15H25OP. The molecule has 0 heterocycles. The molecule has 0 fully saturated rings. The van der Waals surface area contributed by atoms with Gasteiger partial charge in [0.15, 0.2) is 0 Å². The molecule has 1 atom stereocenters. The van der Waals surface area contributed by atoms with E-state index in [1.54, 1.807) is 0 Å². The quantitative estimate of drug-likeness (QED) is 0.671. The van der Waals surface area contributed by atoms with Crippen molar-refractivity contribution in [2.45, 2.75) is 47.5 Å². The molecule has 1 aromatic carbocycles. The van der Waals surface area contributed by atoms with Gasteiger partial charge in [0.1, 0.15) is 5.75 Å². The Morgan fingerprint density at radius 1 is 1.00 bits per heavy atom. The second-order valence-electron chi connectivity index (χ2n) is 6.86. The van der Waals surface area contributed by atoms with Crippen LogP contribution in [0.15, 0.2) is 24.3 Å². The Morgan fingerprint density at radius 2 is 1.53 bits per heavy atom. The lowest BCUT2D eigenvalue weighted by molar-refractivity contribution is 0.176. The molecule has 0 amide bonds. The van der Waals surface area contributed by atoms with Gasteiger partial charge in [-0.3, -0.25) is 0 Å². The van der Waals surface area contributed by atoms with Crippen LogP contribution in [0.4, 0.5) is 0 Å². The van der Waals surface area contributed by atoms with Crippen molar-refractivity contribution in [1.29, 1.82) is 0 Å². The number of benzene rings is 1. The van der Waals surface area contributed by atoms with Gasteiger partial charge in [-0.2, -0.15) is 0 Å². The summed E-state index contributed by atoms with van der Waals surface area (Å²) in [6.07, 6.45) is 0. The zero-order valence-electron chi connectivity index (χ0n) is 11.9. The molecule has 1 rings (SSSR count). The van der Waals surface area contributed by atoms with Crippen LogP contribution in [0, 0.1) is 10.8 Å². The van der Waals surface area contributed by atoms with E-state index in [0.717, 1.165) is 5.75 Å². The molecule has 0 bridgehead atoms. The molecule has 0 radical (unpaired) electrons. The summed E-state index contributed by atoms with van der Waals surface area (Å²) >= 11 is 0. The zero-order valence-corrected chi connectivity index (χ0v) is 13.0. The summed E-state index contributed by atoms with van der Waals surface area (Å²) in [6.45, 7) is 13.8. The summed E-state index contributed by atoms with van der Waals surface area (Å²) in [6, 6.07) is 8.40. The fourth-order valence-corrected chi connectivity index (χ4v) is 3.21. The summed E-state index contributed by atoms with van der Waals surface area (Å²) in [5.74, 6) is 1.40. The summed E-state index contributed by atoms with van der Waals surface area (Å²) < 4.78 is 5.25. The summed E-state index contributed by atoms with van der Waals surface area (Å²) in [4.78, 5) is 0. The minimum Gasteiger partial charge on any atom is -0.480 e. The van der Waals surface area contributed by atoms with Gasteiger partial charge in [-0.25, -0.2) is 0 Å². The van der Waals surface area contributed by atoms with Crippen LogP contribution in [0.5, 0.6) is 5.75 Å². The summed E-state index contributed by atoms with van der Waals surface area (Å²) in [5.41, 5.74) is 1.82. The second-order valence-corrected chi connectivity index (χ2v) is 7.09. The molecule has 0 saturated heterocycles. The minimum atomic E-state index is 0.234. The molecule has 0 spiro atoms. The van der Waals surface area contributed by atoms with E-state index in [1.807, 2.05) is 6.07 Å². The summed E-state index contributed by atoms with van der Waals surface area (Å²) in [5, 5.41) is 0. The monoisotopic (exact) mass is 252 g/mol. The normalized spacial score (nSPS) is 12.9. The maximum atomic E-state index is 5.25. The molecule has 2 heteroatoms. The lowest BCUT2D eigenvalue weighted by Crippen LogP contribution is -2.30. The van der Waals surface area contributed by atoms with Crippen molar-refractivity contribution in [3.05, 3.63) is 29.8 Å². The zero-order chi connectivity index (χ0) is 13.3. The molecule has 0 aliphatic rings. The Labute approximate surface area is 108 Å². The van der Waals surface area contributed by atoms with Crippen LogP contribution in [0.1, 0.15) is 53.0 Å². The van der Waals surface area contributed by atoms with Crippen molar-refractivity contribution in [3.8, 4) is 5.75 Å². The topological polar surface area (TPSA) is 9.23 Å². The third-order valence-corrected chi connectivity index (χ3v) is 3.33. The van der Waals surface area contributed by atoms with E-state index in [1.165, 1.54) is 5.56 Å². The van der Waals surface area contributed by atoms with Crippen LogP contribution in [-0.2, 0) is 0 Å². The third-order valence-electron chi connectivity index (χ3n) is 3.06. The van der Waals surface area contributed by atoms with Gasteiger partial charge in [-0.15, -0.1) is 0 Å². The van der Waals surface area contributed by atoms with Gasteiger partial charge in [0.25, 0.3) is 0 Å². The molecule has 0 N–H and O–H groups in total. The van der Waals surface area contributed by atoms with Gasteiger partial charge < -0.3 is 4.52 Å². The van der Waals surface area contributed by atoms with Gasteiger partial charge in [0.2, 0.25) is 0 Å². The lowest BCUT2D eigenvalue weighted by Gasteiger charge is -2.41. The predicted molar refractivity (Wildman–Crippen MR) is 78.4 cm³/mol. The van der Waals surface area contributed by atoms with Crippen LogP contribution >= 0.6 is 9.47 Å². The molecule has 0 aromatic heterocycles. The maximum absolute atomic E-state index is 5.25. The first-order valence-corrected chi connectivity index (χ1v) is 6.60. The van der Waals surface area contributed by atoms with E-state index in [0.29, 0.717) is 5.92 Å². The Bertz CT molecular complexity index is 357. The number of rotatable bonds is 2. The van der Waals surface area contributed by atoms with E-state index >= 15 is 0 Å². The van der Waals surface area contributed by atoms with E-state index in [2.05, 4.69) is 69.2 Å². The smallest absolute Gasteiger partial charge is 0.122 e. The Balaban J connectivity index is 3.23. The average Bonchev–Trinajstić information content (AvgIpc) is 2.13. The lowest BCUT2D eigenvalue weighted by atomic mass is 9.64. The van der Waals surface area contributed by atoms with E-state index < -0.39 is 0 Å². The van der Waals surface area contributed by atoms with Crippen molar-refractivity contribution < 1.29 is 4.52 Å². The highest BCUT2D eigenvalue weighted by Crippen LogP contribution is 2.47. The highest BCUT2D eigenvalue weighted by molar-refractivity contribution is 7.10. The Hall–Kier alpha value is -0.550. The van der Waals surface area contributed by atoms with Gasteiger partial charge in [-0.1, -0.05) is 53.7 Å². The van der Waals surface area contributed by atoms with E-state index in [-0.39, 0.29) is 10.8 Å². The fourth-order valence-electron chi connectivity index (χ4n) is 3.07. The third kappa shape index (κ3) is 3.71. The molecule has 1 nitrogen and oxygen atoms in total. The molecule has 17 heavy (non-hydrogen) atoms. The van der Waals surface area contributed by atoms with Crippen LogP contribution < -0.4 is 4.52 Å². The molecule has 0 aliphatic carbocycles. The molecule has 0 saturated carbocycles. The van der Waals surface area contributed by atoms with Crippen molar-refractivity contribution in [2.24, 2.45) is 10.8 Å². The molecule has 1 aromatic rings.